The molecule has 0 amide bonds. The van der Waals surface area contributed by atoms with E-state index in [1.54, 1.807) is 25.4 Å². The zero-order valence-electron chi connectivity index (χ0n) is 19.5. The van der Waals surface area contributed by atoms with Crippen molar-refractivity contribution in [1.82, 2.24) is 9.55 Å². The molecule has 1 aromatic carbocycles. The van der Waals surface area contributed by atoms with Gasteiger partial charge in [-0.15, -0.1) is 11.3 Å². The lowest BCUT2D eigenvalue weighted by molar-refractivity contribution is 0.0602. The van der Waals surface area contributed by atoms with Gasteiger partial charge in [-0.3, -0.25) is 4.98 Å². The molecule has 178 valence electrons. The Morgan fingerprint density at radius 2 is 2.00 bits per heavy atom. The first kappa shape index (κ1) is 23.6. The Balaban J connectivity index is 1.53. The molecule has 0 aliphatic heterocycles. The predicted octanol–water partition coefficient (Wildman–Crippen LogP) is 5.52. The van der Waals surface area contributed by atoms with E-state index < -0.39 is 5.97 Å². The fourth-order valence-corrected chi connectivity index (χ4v) is 4.88. The molecular weight excluding hydrogens is 457 g/mol. The SMILES string of the molecule is CCOc1cc(-c2cc(NCCn3c(C)cc4c(OC)ccc(F)c43)ccn2)sc1C(=O)OC. The number of ether oxygens (including phenoxy) is 3. The standard InChI is InChI=1S/C25H26FN3O4S/c1-5-33-21-14-22(34-24(21)25(30)32-4)19-13-16(8-9-28-19)27-10-11-29-15(2)12-17-20(31-3)7-6-18(26)23(17)29/h6-9,12-14H,5,10-11H2,1-4H3,(H,27,28). The summed E-state index contributed by atoms with van der Waals surface area (Å²) >= 11 is 1.28. The second-order valence-electron chi connectivity index (χ2n) is 7.53. The minimum atomic E-state index is -0.438. The molecule has 0 spiro atoms. The number of thiophene rings is 1. The topological polar surface area (TPSA) is 74.6 Å². The van der Waals surface area contributed by atoms with Crippen LogP contribution in [0.5, 0.6) is 11.5 Å². The van der Waals surface area contributed by atoms with E-state index in [2.05, 4.69) is 10.3 Å². The summed E-state index contributed by atoms with van der Waals surface area (Å²) in [6, 6.07) is 10.6. The van der Waals surface area contributed by atoms with E-state index in [0.29, 0.717) is 47.3 Å². The van der Waals surface area contributed by atoms with E-state index in [9.17, 15) is 9.18 Å². The van der Waals surface area contributed by atoms with Crippen LogP contribution in [0.1, 0.15) is 22.3 Å². The Kier molecular flexibility index (Phi) is 7.02. The van der Waals surface area contributed by atoms with Crippen LogP contribution in [0.4, 0.5) is 10.1 Å². The molecule has 0 atom stereocenters. The highest BCUT2D eigenvalue weighted by molar-refractivity contribution is 7.17. The van der Waals surface area contributed by atoms with E-state index in [1.807, 2.05) is 36.6 Å². The number of rotatable bonds is 9. The first-order chi connectivity index (χ1) is 16.5. The third-order valence-electron chi connectivity index (χ3n) is 5.44. The fraction of sp³-hybridized carbons (Fsp3) is 0.280. The lowest BCUT2D eigenvalue weighted by Gasteiger charge is -2.12. The van der Waals surface area contributed by atoms with E-state index in [1.165, 1.54) is 24.5 Å². The highest BCUT2D eigenvalue weighted by Gasteiger charge is 2.20. The average Bonchev–Trinajstić information content (AvgIpc) is 3.41. The molecule has 0 aliphatic rings. The molecule has 3 aromatic heterocycles. The summed E-state index contributed by atoms with van der Waals surface area (Å²) in [5.74, 6) is 0.423. The summed E-state index contributed by atoms with van der Waals surface area (Å²) < 4.78 is 32.4. The molecule has 0 radical (unpaired) electrons. The minimum absolute atomic E-state index is 0.278. The summed E-state index contributed by atoms with van der Waals surface area (Å²) in [6.07, 6.45) is 1.70. The summed E-state index contributed by atoms with van der Waals surface area (Å²) in [5.41, 5.74) is 3.06. The van der Waals surface area contributed by atoms with Crippen molar-refractivity contribution in [2.24, 2.45) is 0 Å². The smallest absolute Gasteiger partial charge is 0.351 e. The van der Waals surface area contributed by atoms with Crippen molar-refractivity contribution in [3.05, 3.63) is 59.0 Å². The van der Waals surface area contributed by atoms with Crippen LogP contribution in [0.25, 0.3) is 21.5 Å². The van der Waals surface area contributed by atoms with Gasteiger partial charge in [-0.1, -0.05) is 0 Å². The number of carbonyl (C=O) groups excluding carboxylic acids is 1. The van der Waals surface area contributed by atoms with Gasteiger partial charge < -0.3 is 24.1 Å². The summed E-state index contributed by atoms with van der Waals surface area (Å²) in [6.45, 7) is 5.40. The molecule has 0 saturated heterocycles. The molecular formula is C25H26FN3O4S. The normalized spacial score (nSPS) is 11.0. The molecule has 4 rings (SSSR count). The van der Waals surface area contributed by atoms with Crippen molar-refractivity contribution in [2.45, 2.75) is 20.4 Å². The lowest BCUT2D eigenvalue weighted by Crippen LogP contribution is -2.12. The second-order valence-corrected chi connectivity index (χ2v) is 8.59. The highest BCUT2D eigenvalue weighted by atomic mass is 32.1. The number of carbonyl (C=O) groups is 1. The summed E-state index contributed by atoms with van der Waals surface area (Å²) in [7, 11) is 2.93. The molecule has 0 saturated carbocycles. The van der Waals surface area contributed by atoms with Crippen molar-refractivity contribution < 1.29 is 23.4 Å². The zero-order chi connectivity index (χ0) is 24.2. The van der Waals surface area contributed by atoms with E-state index in [4.69, 9.17) is 14.2 Å². The van der Waals surface area contributed by atoms with Crippen molar-refractivity contribution in [2.75, 3.05) is 32.7 Å². The first-order valence-electron chi connectivity index (χ1n) is 10.8. The monoisotopic (exact) mass is 483 g/mol. The molecule has 0 unspecified atom stereocenters. The van der Waals surface area contributed by atoms with Crippen LogP contribution in [0, 0.1) is 12.7 Å². The van der Waals surface area contributed by atoms with Gasteiger partial charge in [0.15, 0.2) is 4.88 Å². The van der Waals surface area contributed by atoms with Crippen molar-refractivity contribution in [3.8, 4) is 22.1 Å². The van der Waals surface area contributed by atoms with Crippen LogP contribution in [0.3, 0.4) is 0 Å². The van der Waals surface area contributed by atoms with Crippen molar-refractivity contribution >= 4 is 33.9 Å². The Morgan fingerprint density at radius 3 is 2.74 bits per heavy atom. The number of halogens is 1. The average molecular weight is 484 g/mol. The number of nitrogens with zero attached hydrogens (tertiary/aromatic N) is 2. The quantitative estimate of drug-likeness (QED) is 0.316. The van der Waals surface area contributed by atoms with Gasteiger partial charge in [-0.2, -0.15) is 0 Å². The van der Waals surface area contributed by atoms with Crippen molar-refractivity contribution in [1.29, 1.82) is 0 Å². The molecule has 7 nitrogen and oxygen atoms in total. The maximum Gasteiger partial charge on any atom is 0.351 e. The molecule has 3 heterocycles. The van der Waals surface area contributed by atoms with Crippen LogP contribution < -0.4 is 14.8 Å². The Morgan fingerprint density at radius 1 is 1.18 bits per heavy atom. The number of fused-ring (bicyclic) bond motifs is 1. The van der Waals surface area contributed by atoms with Gasteiger partial charge in [0.2, 0.25) is 0 Å². The number of benzene rings is 1. The molecule has 0 bridgehead atoms. The second kappa shape index (κ2) is 10.1. The Labute approximate surface area is 201 Å². The maximum atomic E-state index is 14.6. The van der Waals surface area contributed by atoms with Crippen LogP contribution in [0.2, 0.25) is 0 Å². The van der Waals surface area contributed by atoms with Crippen LogP contribution in [-0.2, 0) is 11.3 Å². The van der Waals surface area contributed by atoms with Gasteiger partial charge in [0.1, 0.15) is 17.3 Å². The first-order valence-corrected chi connectivity index (χ1v) is 11.7. The van der Waals surface area contributed by atoms with Gasteiger partial charge in [-0.25, -0.2) is 9.18 Å². The van der Waals surface area contributed by atoms with Gasteiger partial charge in [0.05, 0.1) is 36.9 Å². The van der Waals surface area contributed by atoms with Gasteiger partial charge in [0.25, 0.3) is 0 Å². The maximum absolute atomic E-state index is 14.6. The van der Waals surface area contributed by atoms with Crippen LogP contribution >= 0.6 is 11.3 Å². The number of anilines is 1. The zero-order valence-corrected chi connectivity index (χ0v) is 20.3. The fourth-order valence-electron chi connectivity index (χ4n) is 3.89. The number of esters is 1. The van der Waals surface area contributed by atoms with Gasteiger partial charge in [-0.05, 0) is 44.2 Å². The third kappa shape index (κ3) is 4.56. The number of aryl methyl sites for hydroxylation is 1. The van der Waals surface area contributed by atoms with Gasteiger partial charge in [0, 0.05) is 42.1 Å². The lowest BCUT2D eigenvalue weighted by atomic mass is 10.2. The van der Waals surface area contributed by atoms with Gasteiger partial charge >= 0.3 is 5.97 Å². The van der Waals surface area contributed by atoms with E-state index >= 15 is 0 Å². The van der Waals surface area contributed by atoms with E-state index in [0.717, 1.165) is 21.6 Å². The predicted molar refractivity (Wildman–Crippen MR) is 132 cm³/mol. The summed E-state index contributed by atoms with van der Waals surface area (Å²) in [4.78, 5) is 17.8. The molecule has 0 aliphatic carbocycles. The number of hydrogen-bond donors (Lipinski definition) is 1. The largest absolute Gasteiger partial charge is 0.496 e. The molecule has 9 heteroatoms. The number of methoxy groups -OCH3 is 2. The Bertz CT molecular complexity index is 1330. The molecule has 1 N–H and O–H groups in total. The van der Waals surface area contributed by atoms with Crippen LogP contribution in [0.15, 0.2) is 42.6 Å². The third-order valence-corrected chi connectivity index (χ3v) is 6.56. The Hall–Kier alpha value is -3.59. The van der Waals surface area contributed by atoms with Crippen molar-refractivity contribution in [3.63, 3.8) is 0 Å². The molecule has 34 heavy (non-hydrogen) atoms. The number of pyridine rings is 1. The minimum Gasteiger partial charge on any atom is -0.496 e. The number of hydrogen-bond acceptors (Lipinski definition) is 7. The van der Waals surface area contributed by atoms with E-state index in [-0.39, 0.29) is 5.82 Å². The molecule has 4 aromatic rings. The number of nitrogens with one attached hydrogen (secondary N) is 1. The summed E-state index contributed by atoms with van der Waals surface area (Å²) in [5, 5.41) is 4.14. The number of aromatic nitrogens is 2. The highest BCUT2D eigenvalue weighted by Crippen LogP contribution is 2.37. The molecule has 0 fully saturated rings. The van der Waals surface area contributed by atoms with Crippen LogP contribution in [-0.4, -0.2) is 42.9 Å².